The number of aryl methyl sites for hydroxylation is 2. The summed E-state index contributed by atoms with van der Waals surface area (Å²) in [6, 6.07) is 21.1. The Morgan fingerprint density at radius 2 is 1.53 bits per heavy atom. The zero-order chi connectivity index (χ0) is 22.4. The summed E-state index contributed by atoms with van der Waals surface area (Å²) in [6.45, 7) is 4.71. The maximum absolute atomic E-state index is 13.9. The van der Waals surface area contributed by atoms with E-state index in [1.165, 1.54) is 10.5 Å². The number of benzene rings is 3. The molecule has 0 N–H and O–H groups in total. The van der Waals surface area contributed by atoms with Gasteiger partial charge in [0.25, 0.3) is 11.8 Å². The second-order valence-electron chi connectivity index (χ2n) is 8.17. The summed E-state index contributed by atoms with van der Waals surface area (Å²) in [6.07, 6.45) is 0.829. The molecule has 0 saturated heterocycles. The minimum absolute atomic E-state index is 0.329. The number of hydrogen-bond acceptors (Lipinski definition) is 4. The Labute approximate surface area is 187 Å². The summed E-state index contributed by atoms with van der Waals surface area (Å²) in [5, 5.41) is 0. The summed E-state index contributed by atoms with van der Waals surface area (Å²) in [4.78, 5) is 30.9. The van der Waals surface area contributed by atoms with E-state index in [1.54, 1.807) is 25.3 Å². The van der Waals surface area contributed by atoms with Crippen molar-refractivity contribution in [3.05, 3.63) is 94.7 Å². The predicted molar refractivity (Wildman–Crippen MR) is 126 cm³/mol. The number of nitrogens with zero attached hydrogens (tertiary/aromatic N) is 2. The number of hydrogen-bond donors (Lipinski definition) is 0. The molecule has 0 bridgehead atoms. The topological polar surface area (TPSA) is 49.9 Å². The average Bonchev–Trinajstić information content (AvgIpc) is 3.33. The number of imide groups is 1. The molecule has 3 aromatic rings. The van der Waals surface area contributed by atoms with E-state index in [4.69, 9.17) is 4.74 Å². The summed E-state index contributed by atoms with van der Waals surface area (Å²) in [5.41, 5.74) is 6.43. The van der Waals surface area contributed by atoms with E-state index in [9.17, 15) is 9.59 Å². The Bertz CT molecular complexity index is 1290. The molecule has 2 amide bonds. The summed E-state index contributed by atoms with van der Waals surface area (Å²) in [7, 11) is 1.54. The Kier molecular flexibility index (Phi) is 4.82. The molecule has 2 aliphatic heterocycles. The normalized spacial score (nSPS) is 15.6. The van der Waals surface area contributed by atoms with Gasteiger partial charge in [0.15, 0.2) is 0 Å². The Hall–Kier alpha value is -3.86. The number of anilines is 2. The molecule has 0 radical (unpaired) electrons. The van der Waals surface area contributed by atoms with Crippen LogP contribution in [0.1, 0.15) is 22.3 Å². The van der Waals surface area contributed by atoms with Crippen molar-refractivity contribution in [1.82, 2.24) is 0 Å². The van der Waals surface area contributed by atoms with Crippen LogP contribution in [0.2, 0.25) is 0 Å². The van der Waals surface area contributed by atoms with Crippen LogP contribution in [-0.4, -0.2) is 25.5 Å². The van der Waals surface area contributed by atoms with Gasteiger partial charge in [0.2, 0.25) is 0 Å². The van der Waals surface area contributed by atoms with E-state index in [2.05, 4.69) is 6.07 Å². The molecule has 5 nitrogen and oxygen atoms in total. The van der Waals surface area contributed by atoms with Gasteiger partial charge in [-0.05, 0) is 60.7 Å². The zero-order valence-electron chi connectivity index (χ0n) is 18.4. The average molecular weight is 425 g/mol. The third-order valence-corrected chi connectivity index (χ3v) is 6.34. The van der Waals surface area contributed by atoms with E-state index in [-0.39, 0.29) is 11.8 Å². The van der Waals surface area contributed by atoms with Gasteiger partial charge in [0, 0.05) is 12.2 Å². The van der Waals surface area contributed by atoms with Crippen molar-refractivity contribution in [2.45, 2.75) is 20.3 Å². The van der Waals surface area contributed by atoms with E-state index in [0.29, 0.717) is 29.3 Å². The van der Waals surface area contributed by atoms with E-state index < -0.39 is 0 Å². The molecular formula is C27H24N2O3. The fourth-order valence-electron chi connectivity index (χ4n) is 4.53. The van der Waals surface area contributed by atoms with E-state index in [1.807, 2.05) is 61.2 Å². The monoisotopic (exact) mass is 424 g/mol. The molecule has 0 aromatic heterocycles. The highest BCUT2D eigenvalue weighted by molar-refractivity contribution is 6.46. The van der Waals surface area contributed by atoms with Gasteiger partial charge in [-0.2, -0.15) is 0 Å². The molecule has 160 valence electrons. The van der Waals surface area contributed by atoms with Crippen molar-refractivity contribution >= 4 is 28.8 Å². The molecule has 0 spiro atoms. The zero-order valence-corrected chi connectivity index (χ0v) is 18.4. The third-order valence-electron chi connectivity index (χ3n) is 6.34. The predicted octanol–water partition coefficient (Wildman–Crippen LogP) is 4.66. The van der Waals surface area contributed by atoms with Crippen molar-refractivity contribution in [3.63, 3.8) is 0 Å². The minimum atomic E-state index is -0.331. The number of para-hydroxylation sites is 3. The van der Waals surface area contributed by atoms with Crippen LogP contribution >= 0.6 is 0 Å². The van der Waals surface area contributed by atoms with Gasteiger partial charge in [-0.25, -0.2) is 4.90 Å². The van der Waals surface area contributed by atoms with Crippen molar-refractivity contribution < 1.29 is 14.3 Å². The summed E-state index contributed by atoms with van der Waals surface area (Å²) in [5.74, 6) is -0.178. The number of fused-ring (bicyclic) bond motifs is 1. The van der Waals surface area contributed by atoms with Gasteiger partial charge in [-0.15, -0.1) is 0 Å². The van der Waals surface area contributed by atoms with Gasteiger partial charge >= 0.3 is 0 Å². The maximum Gasteiger partial charge on any atom is 0.282 e. The number of carbonyl (C=O) groups excluding carboxylic acids is 2. The standard InChI is InChI=1S/C27H24N2O3/c1-17-12-13-20(16-18(17)2)24-25(28-15-14-19-8-4-5-9-21(19)28)27(31)29(26(24)30)22-10-6-7-11-23(22)32-3/h4-13,16H,14-15H2,1-3H3. The Morgan fingerprint density at radius 3 is 2.28 bits per heavy atom. The van der Waals surface area contributed by atoms with Gasteiger partial charge < -0.3 is 9.64 Å². The molecule has 0 unspecified atom stereocenters. The highest BCUT2D eigenvalue weighted by atomic mass is 16.5. The van der Waals surface area contributed by atoms with Crippen LogP contribution in [0.4, 0.5) is 11.4 Å². The fourth-order valence-corrected chi connectivity index (χ4v) is 4.53. The highest BCUT2D eigenvalue weighted by Crippen LogP contribution is 2.42. The van der Waals surface area contributed by atoms with Gasteiger partial charge in [-0.1, -0.05) is 48.5 Å². The van der Waals surface area contributed by atoms with Crippen molar-refractivity contribution in [3.8, 4) is 5.75 Å². The summed E-state index contributed by atoms with van der Waals surface area (Å²) >= 11 is 0. The first-order valence-corrected chi connectivity index (χ1v) is 10.7. The molecule has 32 heavy (non-hydrogen) atoms. The van der Waals surface area contributed by atoms with Gasteiger partial charge in [0.05, 0.1) is 18.4 Å². The van der Waals surface area contributed by atoms with Crippen molar-refractivity contribution in [2.24, 2.45) is 0 Å². The van der Waals surface area contributed by atoms with Gasteiger partial charge in [-0.3, -0.25) is 9.59 Å². The molecule has 5 rings (SSSR count). The van der Waals surface area contributed by atoms with Crippen LogP contribution in [0.25, 0.3) is 5.57 Å². The summed E-state index contributed by atoms with van der Waals surface area (Å²) < 4.78 is 5.47. The quantitative estimate of drug-likeness (QED) is 0.572. The van der Waals surface area contributed by atoms with E-state index >= 15 is 0 Å². The molecule has 5 heteroatoms. The first kappa shape index (κ1) is 20.1. The number of amides is 2. The maximum atomic E-state index is 13.9. The molecule has 2 heterocycles. The van der Waals surface area contributed by atoms with Crippen LogP contribution in [0, 0.1) is 13.8 Å². The lowest BCUT2D eigenvalue weighted by Crippen LogP contribution is -2.35. The van der Waals surface area contributed by atoms with Crippen LogP contribution in [0.3, 0.4) is 0 Å². The molecule has 0 aliphatic carbocycles. The molecule has 0 saturated carbocycles. The fraction of sp³-hybridized carbons (Fsp3) is 0.185. The van der Waals surface area contributed by atoms with Crippen LogP contribution in [0.5, 0.6) is 5.75 Å². The number of methoxy groups -OCH3 is 1. The third kappa shape index (κ3) is 3.01. The van der Waals surface area contributed by atoms with Gasteiger partial charge in [0.1, 0.15) is 11.4 Å². The number of carbonyl (C=O) groups is 2. The molecule has 3 aromatic carbocycles. The molecular weight excluding hydrogens is 400 g/mol. The lowest BCUT2D eigenvalue weighted by molar-refractivity contribution is -0.120. The van der Waals surface area contributed by atoms with Crippen LogP contribution in [-0.2, 0) is 16.0 Å². The highest BCUT2D eigenvalue weighted by Gasteiger charge is 2.44. The minimum Gasteiger partial charge on any atom is -0.495 e. The first-order valence-electron chi connectivity index (χ1n) is 10.7. The van der Waals surface area contributed by atoms with Crippen molar-refractivity contribution in [1.29, 1.82) is 0 Å². The second kappa shape index (κ2) is 7.68. The smallest absolute Gasteiger partial charge is 0.282 e. The molecule has 2 aliphatic rings. The second-order valence-corrected chi connectivity index (χ2v) is 8.17. The first-order chi connectivity index (χ1) is 15.5. The van der Waals surface area contributed by atoms with E-state index in [0.717, 1.165) is 28.8 Å². The van der Waals surface area contributed by atoms with Crippen molar-refractivity contribution in [2.75, 3.05) is 23.5 Å². The molecule has 0 atom stereocenters. The number of rotatable bonds is 4. The van der Waals surface area contributed by atoms with Crippen LogP contribution < -0.4 is 14.5 Å². The number of ether oxygens (including phenoxy) is 1. The Morgan fingerprint density at radius 1 is 0.812 bits per heavy atom. The SMILES string of the molecule is COc1ccccc1N1C(=O)C(c2ccc(C)c(C)c2)=C(N2CCc3ccccc32)C1=O. The largest absolute Gasteiger partial charge is 0.495 e. The van der Waals surface area contributed by atoms with Crippen LogP contribution in [0.15, 0.2) is 72.4 Å². The molecule has 0 fully saturated rings. The lowest BCUT2D eigenvalue weighted by Gasteiger charge is -2.22. The Balaban J connectivity index is 1.72. The lowest BCUT2D eigenvalue weighted by atomic mass is 9.99.